The van der Waals surface area contributed by atoms with Gasteiger partial charge in [0.25, 0.3) is 0 Å². The van der Waals surface area contributed by atoms with Gasteiger partial charge in [0.15, 0.2) is 0 Å². The Morgan fingerprint density at radius 2 is 2.08 bits per heavy atom. The van der Waals surface area contributed by atoms with Gasteiger partial charge in [-0.25, -0.2) is 8.42 Å². The third kappa shape index (κ3) is 2.47. The zero-order valence-electron chi connectivity index (χ0n) is 7.81. The van der Waals surface area contributed by atoms with E-state index in [2.05, 4.69) is 10.2 Å². The van der Waals surface area contributed by atoms with E-state index in [1.807, 2.05) is 13.8 Å². The summed E-state index contributed by atoms with van der Waals surface area (Å²) in [6.45, 7) is 4.04. The molecule has 1 heterocycles. The van der Waals surface area contributed by atoms with E-state index in [0.29, 0.717) is 0 Å². The number of rotatable bonds is 3. The fraction of sp³-hybridized carbons (Fsp3) is 0.714. The summed E-state index contributed by atoms with van der Waals surface area (Å²) in [4.78, 5) is 0. The Morgan fingerprint density at radius 1 is 1.46 bits per heavy atom. The topological polar surface area (TPSA) is 59.9 Å². The highest BCUT2D eigenvalue weighted by molar-refractivity contribution is 7.92. The van der Waals surface area contributed by atoms with Crippen LogP contribution in [-0.4, -0.2) is 24.9 Å². The molecule has 0 aliphatic heterocycles. The lowest BCUT2D eigenvalue weighted by atomic mass is 10.1. The number of aromatic nitrogens is 2. The highest BCUT2D eigenvalue weighted by Crippen LogP contribution is 2.24. The quantitative estimate of drug-likeness (QED) is 0.773. The Balaban J connectivity index is 3.00. The molecule has 1 unspecified atom stereocenters. The summed E-state index contributed by atoms with van der Waals surface area (Å²) in [7, 11) is -3.18. The highest BCUT2D eigenvalue weighted by atomic mass is 32.2. The van der Waals surface area contributed by atoms with Crippen LogP contribution < -0.4 is 0 Å². The van der Waals surface area contributed by atoms with Gasteiger partial charge in [-0.2, -0.15) is 0 Å². The second-order valence-corrected chi connectivity index (χ2v) is 6.19. The number of sulfone groups is 1. The largest absolute Gasteiger partial charge is 0.232 e. The number of hydrogen-bond acceptors (Lipinski definition) is 5. The fourth-order valence-electron chi connectivity index (χ4n) is 0.744. The molecule has 13 heavy (non-hydrogen) atoms. The van der Waals surface area contributed by atoms with Gasteiger partial charge < -0.3 is 0 Å². The molecule has 0 amide bonds. The third-order valence-corrected chi connectivity index (χ3v) is 4.60. The molecule has 4 nitrogen and oxygen atoms in total. The molecular formula is C7H12N2O2S2. The number of hydrogen-bond donors (Lipinski definition) is 0. The lowest BCUT2D eigenvalue weighted by Gasteiger charge is -1.99. The Labute approximate surface area is 81.9 Å². The van der Waals surface area contributed by atoms with Gasteiger partial charge in [0, 0.05) is 12.2 Å². The van der Waals surface area contributed by atoms with Crippen LogP contribution in [-0.2, 0) is 9.84 Å². The summed E-state index contributed by atoms with van der Waals surface area (Å²) < 4.78 is 22.2. The van der Waals surface area contributed by atoms with Crippen LogP contribution in [0.25, 0.3) is 0 Å². The zero-order valence-corrected chi connectivity index (χ0v) is 9.44. The summed E-state index contributed by atoms with van der Waals surface area (Å²) in [5.41, 5.74) is 0. The zero-order chi connectivity index (χ0) is 10.1. The Morgan fingerprint density at radius 3 is 2.46 bits per heavy atom. The molecule has 6 heteroatoms. The maximum Gasteiger partial charge on any atom is 0.232 e. The summed E-state index contributed by atoms with van der Waals surface area (Å²) in [5.74, 6) is 0.285. The van der Waals surface area contributed by atoms with E-state index in [9.17, 15) is 8.42 Å². The van der Waals surface area contributed by atoms with Crippen molar-refractivity contribution in [1.82, 2.24) is 10.2 Å². The molecule has 0 radical (unpaired) electrons. The van der Waals surface area contributed by atoms with Gasteiger partial charge >= 0.3 is 0 Å². The summed E-state index contributed by atoms with van der Waals surface area (Å²) >= 11 is 1.16. The van der Waals surface area contributed by atoms with Gasteiger partial charge in [0.2, 0.25) is 14.2 Å². The molecule has 0 saturated carbocycles. The highest BCUT2D eigenvalue weighted by Gasteiger charge is 2.16. The maximum atomic E-state index is 11.1. The first-order chi connectivity index (χ1) is 5.95. The summed E-state index contributed by atoms with van der Waals surface area (Å²) in [5, 5.41) is 8.27. The molecule has 1 aromatic rings. The van der Waals surface area contributed by atoms with E-state index in [1.165, 1.54) is 0 Å². The van der Waals surface area contributed by atoms with Crippen LogP contribution in [0.5, 0.6) is 0 Å². The first-order valence-electron chi connectivity index (χ1n) is 3.98. The average molecular weight is 220 g/mol. The second kappa shape index (κ2) is 3.71. The standard InChI is InChI=1S/C7H12N2O2S2/c1-4-5(2)6-8-9-7(12-6)13(3,10)11/h5H,4H2,1-3H3. The van der Waals surface area contributed by atoms with E-state index in [-0.39, 0.29) is 10.3 Å². The molecule has 1 aromatic heterocycles. The molecule has 0 aromatic carbocycles. The van der Waals surface area contributed by atoms with Crippen molar-refractivity contribution in [2.24, 2.45) is 0 Å². The fourth-order valence-corrected chi connectivity index (χ4v) is 2.50. The van der Waals surface area contributed by atoms with E-state index in [4.69, 9.17) is 0 Å². The van der Waals surface area contributed by atoms with Crippen LogP contribution in [0.1, 0.15) is 31.2 Å². The lowest BCUT2D eigenvalue weighted by Crippen LogP contribution is -1.95. The third-order valence-electron chi connectivity index (χ3n) is 1.77. The number of nitrogens with zero attached hydrogens (tertiary/aromatic N) is 2. The van der Waals surface area contributed by atoms with Crippen molar-refractivity contribution < 1.29 is 8.42 Å². The molecule has 0 fully saturated rings. The Bertz CT molecular complexity index is 383. The van der Waals surface area contributed by atoms with Gasteiger partial charge in [-0.1, -0.05) is 25.2 Å². The van der Waals surface area contributed by atoms with Crippen LogP contribution in [0, 0.1) is 0 Å². The molecule has 0 saturated heterocycles. The molecule has 74 valence electrons. The monoisotopic (exact) mass is 220 g/mol. The molecule has 1 atom stereocenters. The van der Waals surface area contributed by atoms with E-state index >= 15 is 0 Å². The van der Waals surface area contributed by atoms with Gasteiger partial charge in [-0.3, -0.25) is 0 Å². The van der Waals surface area contributed by atoms with Crippen LogP contribution in [0.3, 0.4) is 0 Å². The van der Waals surface area contributed by atoms with Crippen molar-refractivity contribution in [2.45, 2.75) is 30.5 Å². The van der Waals surface area contributed by atoms with E-state index in [0.717, 1.165) is 29.0 Å². The molecule has 0 aliphatic carbocycles. The van der Waals surface area contributed by atoms with Crippen LogP contribution >= 0.6 is 11.3 Å². The van der Waals surface area contributed by atoms with Gasteiger partial charge in [-0.15, -0.1) is 10.2 Å². The lowest BCUT2D eigenvalue weighted by molar-refractivity contribution is 0.599. The minimum absolute atomic E-state index is 0.114. The molecule has 0 bridgehead atoms. The molecule has 0 aliphatic rings. The van der Waals surface area contributed by atoms with Gasteiger partial charge in [0.05, 0.1) is 0 Å². The maximum absolute atomic E-state index is 11.1. The average Bonchev–Trinajstić information content (AvgIpc) is 2.50. The first kappa shape index (κ1) is 10.6. The molecule has 0 N–H and O–H groups in total. The van der Waals surface area contributed by atoms with Crippen molar-refractivity contribution in [3.8, 4) is 0 Å². The summed E-state index contributed by atoms with van der Waals surface area (Å²) in [6.07, 6.45) is 2.09. The smallest absolute Gasteiger partial charge is 0.221 e. The molecule has 1 rings (SSSR count). The SMILES string of the molecule is CCC(C)c1nnc(S(C)(=O)=O)s1. The predicted octanol–water partition coefficient (Wildman–Crippen LogP) is 1.46. The van der Waals surface area contributed by atoms with Crippen LogP contribution in [0.15, 0.2) is 4.34 Å². The minimum Gasteiger partial charge on any atom is -0.221 e. The van der Waals surface area contributed by atoms with E-state index < -0.39 is 9.84 Å². The Hall–Kier alpha value is -0.490. The van der Waals surface area contributed by atoms with Crippen LogP contribution in [0.2, 0.25) is 0 Å². The van der Waals surface area contributed by atoms with Gasteiger partial charge in [0.1, 0.15) is 5.01 Å². The van der Waals surface area contributed by atoms with Crippen molar-refractivity contribution in [1.29, 1.82) is 0 Å². The normalized spacial score (nSPS) is 14.4. The van der Waals surface area contributed by atoms with E-state index in [1.54, 1.807) is 0 Å². The summed E-state index contributed by atoms with van der Waals surface area (Å²) in [6, 6.07) is 0. The van der Waals surface area contributed by atoms with Crippen molar-refractivity contribution in [3.05, 3.63) is 5.01 Å². The van der Waals surface area contributed by atoms with Crippen molar-refractivity contribution in [3.63, 3.8) is 0 Å². The molecular weight excluding hydrogens is 208 g/mol. The second-order valence-electron chi connectivity index (χ2n) is 2.99. The predicted molar refractivity (Wildman–Crippen MR) is 51.7 cm³/mol. The molecule has 0 spiro atoms. The Kier molecular flexibility index (Phi) is 3.02. The van der Waals surface area contributed by atoms with Crippen molar-refractivity contribution in [2.75, 3.05) is 6.26 Å². The van der Waals surface area contributed by atoms with Gasteiger partial charge in [-0.05, 0) is 6.42 Å². The minimum atomic E-state index is -3.18. The first-order valence-corrected chi connectivity index (χ1v) is 6.69. The van der Waals surface area contributed by atoms with Crippen molar-refractivity contribution >= 4 is 21.2 Å². The van der Waals surface area contributed by atoms with Crippen LogP contribution in [0.4, 0.5) is 0 Å².